The van der Waals surface area contributed by atoms with Gasteiger partial charge in [0.2, 0.25) is 0 Å². The van der Waals surface area contributed by atoms with Crippen molar-refractivity contribution in [3.63, 3.8) is 0 Å². The Labute approximate surface area is 117 Å². The molecule has 0 heterocycles. The number of ether oxygens (including phenoxy) is 1. The topological polar surface area (TPSA) is 50.1 Å². The number of halogens is 2. The van der Waals surface area contributed by atoms with Crippen LogP contribution in [0.2, 0.25) is 0 Å². The van der Waals surface area contributed by atoms with E-state index in [-0.39, 0.29) is 12.4 Å². The number of hydrogen-bond acceptors (Lipinski definition) is 3. The lowest BCUT2D eigenvalue weighted by Gasteiger charge is -2.09. The van der Waals surface area contributed by atoms with E-state index in [1.165, 1.54) is 0 Å². The molecule has 0 spiro atoms. The SMILES string of the molecule is CCOC(=O)Cc1cc(C#N)c(Br)cc1CBr. The molecule has 17 heavy (non-hydrogen) atoms. The van der Waals surface area contributed by atoms with E-state index in [1.54, 1.807) is 13.0 Å². The molecule has 0 fully saturated rings. The van der Waals surface area contributed by atoms with E-state index in [1.807, 2.05) is 6.07 Å². The fraction of sp³-hybridized carbons (Fsp3) is 0.333. The molecule has 3 nitrogen and oxygen atoms in total. The Bertz CT molecular complexity index is 466. The molecule has 0 aromatic heterocycles. The summed E-state index contributed by atoms with van der Waals surface area (Å²) in [6.45, 7) is 2.13. The molecular formula is C12H11Br2NO2. The maximum absolute atomic E-state index is 11.4. The molecule has 0 unspecified atom stereocenters. The quantitative estimate of drug-likeness (QED) is 0.611. The summed E-state index contributed by atoms with van der Waals surface area (Å²) in [5.74, 6) is -0.277. The van der Waals surface area contributed by atoms with Gasteiger partial charge < -0.3 is 4.74 Å². The second-order valence-electron chi connectivity index (χ2n) is 3.33. The highest BCUT2D eigenvalue weighted by Crippen LogP contribution is 2.24. The summed E-state index contributed by atoms with van der Waals surface area (Å²) in [4.78, 5) is 11.4. The molecular weight excluding hydrogens is 350 g/mol. The number of nitriles is 1. The zero-order valence-electron chi connectivity index (χ0n) is 9.30. The number of alkyl halides is 1. The Morgan fingerprint density at radius 1 is 1.47 bits per heavy atom. The summed E-state index contributed by atoms with van der Waals surface area (Å²) in [6.07, 6.45) is 0.191. The minimum atomic E-state index is -0.277. The van der Waals surface area contributed by atoms with E-state index in [0.717, 1.165) is 15.6 Å². The standard InChI is InChI=1S/C12H11Br2NO2/c1-2-17-12(16)5-8-3-10(7-15)11(14)4-9(8)6-13/h3-4H,2,5-6H2,1H3. The summed E-state index contributed by atoms with van der Waals surface area (Å²) in [5.41, 5.74) is 2.32. The molecule has 0 aliphatic carbocycles. The van der Waals surface area contributed by atoms with Crippen molar-refractivity contribution in [1.82, 2.24) is 0 Å². The van der Waals surface area contributed by atoms with Gasteiger partial charge in [-0.2, -0.15) is 5.26 Å². The smallest absolute Gasteiger partial charge is 0.310 e. The second kappa shape index (κ2) is 6.77. The highest BCUT2D eigenvalue weighted by atomic mass is 79.9. The lowest BCUT2D eigenvalue weighted by molar-refractivity contribution is -0.142. The zero-order valence-corrected chi connectivity index (χ0v) is 12.5. The van der Waals surface area contributed by atoms with Crippen LogP contribution in [0.25, 0.3) is 0 Å². The Kier molecular flexibility index (Phi) is 5.66. The third-order valence-corrected chi connectivity index (χ3v) is 3.45. The number of benzene rings is 1. The van der Waals surface area contributed by atoms with Gasteiger partial charge in [-0.25, -0.2) is 0 Å². The zero-order chi connectivity index (χ0) is 12.8. The first kappa shape index (κ1) is 14.2. The van der Waals surface area contributed by atoms with Gasteiger partial charge in [-0.3, -0.25) is 4.79 Å². The first-order valence-electron chi connectivity index (χ1n) is 5.05. The Morgan fingerprint density at radius 3 is 2.71 bits per heavy atom. The van der Waals surface area contributed by atoms with E-state index in [9.17, 15) is 4.79 Å². The van der Waals surface area contributed by atoms with E-state index in [0.29, 0.717) is 17.5 Å². The third kappa shape index (κ3) is 3.83. The number of rotatable bonds is 4. The van der Waals surface area contributed by atoms with Crippen LogP contribution < -0.4 is 0 Å². The average Bonchev–Trinajstić information content (AvgIpc) is 2.31. The van der Waals surface area contributed by atoms with Crippen molar-refractivity contribution in [2.75, 3.05) is 6.61 Å². The second-order valence-corrected chi connectivity index (χ2v) is 4.74. The van der Waals surface area contributed by atoms with Crippen molar-refractivity contribution in [3.8, 4) is 6.07 Å². The lowest BCUT2D eigenvalue weighted by atomic mass is 10.0. The minimum absolute atomic E-state index is 0.191. The maximum atomic E-state index is 11.4. The molecule has 0 N–H and O–H groups in total. The van der Waals surface area contributed by atoms with Crippen LogP contribution in [0.1, 0.15) is 23.6 Å². The van der Waals surface area contributed by atoms with E-state index < -0.39 is 0 Å². The summed E-state index contributed by atoms with van der Waals surface area (Å²) >= 11 is 6.68. The Hall–Kier alpha value is -0.860. The molecule has 0 saturated heterocycles. The Morgan fingerprint density at radius 2 is 2.18 bits per heavy atom. The number of carbonyl (C=O) groups excluding carboxylic acids is 1. The van der Waals surface area contributed by atoms with Gasteiger partial charge in [0.1, 0.15) is 6.07 Å². The summed E-state index contributed by atoms with van der Waals surface area (Å²) < 4.78 is 5.64. The van der Waals surface area contributed by atoms with Crippen molar-refractivity contribution in [1.29, 1.82) is 5.26 Å². The number of hydrogen-bond donors (Lipinski definition) is 0. The predicted molar refractivity (Wildman–Crippen MR) is 71.8 cm³/mol. The summed E-state index contributed by atoms with van der Waals surface area (Å²) in [5, 5.41) is 9.57. The molecule has 90 valence electrons. The summed E-state index contributed by atoms with van der Waals surface area (Å²) in [6, 6.07) is 5.65. The van der Waals surface area contributed by atoms with Crippen LogP contribution in [0.15, 0.2) is 16.6 Å². The van der Waals surface area contributed by atoms with Crippen molar-refractivity contribution in [2.24, 2.45) is 0 Å². The van der Waals surface area contributed by atoms with Crippen molar-refractivity contribution in [3.05, 3.63) is 33.3 Å². The van der Waals surface area contributed by atoms with Gasteiger partial charge in [0.05, 0.1) is 18.6 Å². The Balaban J connectivity index is 3.05. The number of nitrogens with zero attached hydrogens (tertiary/aromatic N) is 1. The molecule has 0 aliphatic rings. The van der Waals surface area contributed by atoms with Crippen LogP contribution in [-0.4, -0.2) is 12.6 Å². The molecule has 1 aromatic carbocycles. The van der Waals surface area contributed by atoms with Crippen molar-refractivity contribution >= 4 is 37.8 Å². The highest BCUT2D eigenvalue weighted by molar-refractivity contribution is 9.10. The van der Waals surface area contributed by atoms with Crippen molar-refractivity contribution in [2.45, 2.75) is 18.7 Å². The monoisotopic (exact) mass is 359 g/mol. The van der Waals surface area contributed by atoms with Crippen LogP contribution in [0.5, 0.6) is 0 Å². The minimum Gasteiger partial charge on any atom is -0.466 e. The van der Waals surface area contributed by atoms with Crippen molar-refractivity contribution < 1.29 is 9.53 Å². The lowest BCUT2D eigenvalue weighted by Crippen LogP contribution is -2.09. The molecule has 1 rings (SSSR count). The van der Waals surface area contributed by atoms with Gasteiger partial charge in [0.15, 0.2) is 0 Å². The fourth-order valence-corrected chi connectivity index (χ4v) is 2.40. The third-order valence-electron chi connectivity index (χ3n) is 2.19. The van der Waals surface area contributed by atoms with Crippen LogP contribution in [0.3, 0.4) is 0 Å². The van der Waals surface area contributed by atoms with E-state index >= 15 is 0 Å². The molecule has 0 saturated carbocycles. The van der Waals surface area contributed by atoms with Crippen LogP contribution in [0, 0.1) is 11.3 Å². The molecule has 0 bridgehead atoms. The van der Waals surface area contributed by atoms with Gasteiger partial charge in [-0.1, -0.05) is 15.9 Å². The molecule has 0 aliphatic heterocycles. The van der Waals surface area contributed by atoms with Gasteiger partial charge in [-0.05, 0) is 46.1 Å². The maximum Gasteiger partial charge on any atom is 0.310 e. The largest absolute Gasteiger partial charge is 0.466 e. The molecule has 0 atom stereocenters. The summed E-state index contributed by atoms with van der Waals surface area (Å²) in [7, 11) is 0. The first-order valence-corrected chi connectivity index (χ1v) is 6.96. The normalized spacial score (nSPS) is 9.76. The van der Waals surface area contributed by atoms with Crippen LogP contribution in [-0.2, 0) is 21.3 Å². The first-order chi connectivity index (χ1) is 8.12. The molecule has 5 heteroatoms. The number of carbonyl (C=O) groups is 1. The molecule has 0 amide bonds. The van der Waals surface area contributed by atoms with E-state index in [2.05, 4.69) is 37.9 Å². The number of esters is 1. The predicted octanol–water partition coefficient (Wildman–Crippen LogP) is 3.32. The molecule has 1 aromatic rings. The van der Waals surface area contributed by atoms with E-state index in [4.69, 9.17) is 10.00 Å². The van der Waals surface area contributed by atoms with Gasteiger partial charge in [0, 0.05) is 9.80 Å². The molecule has 0 radical (unpaired) electrons. The van der Waals surface area contributed by atoms with Crippen LogP contribution >= 0.6 is 31.9 Å². The van der Waals surface area contributed by atoms with Crippen LogP contribution in [0.4, 0.5) is 0 Å². The fourth-order valence-electron chi connectivity index (χ4n) is 1.40. The highest BCUT2D eigenvalue weighted by Gasteiger charge is 2.11. The average molecular weight is 361 g/mol. The van der Waals surface area contributed by atoms with Gasteiger partial charge >= 0.3 is 5.97 Å². The van der Waals surface area contributed by atoms with Gasteiger partial charge in [-0.15, -0.1) is 0 Å². The van der Waals surface area contributed by atoms with Gasteiger partial charge in [0.25, 0.3) is 0 Å².